The maximum Gasteiger partial charge on any atom is 0.251 e. The summed E-state index contributed by atoms with van der Waals surface area (Å²) in [4.78, 5) is 21.0. The number of nitrogens with one attached hydrogen (secondary N) is 4. The maximum atomic E-state index is 13.0. The summed E-state index contributed by atoms with van der Waals surface area (Å²) in [6.07, 6.45) is 1.23. The molecule has 0 unspecified atom stereocenters. The molecule has 4 aromatic rings. The highest BCUT2D eigenvalue weighted by Gasteiger charge is 2.19. The van der Waals surface area contributed by atoms with Gasteiger partial charge in [-0.25, -0.2) is 9.37 Å². The smallest absolute Gasteiger partial charge is 0.251 e. The molecule has 4 rings (SSSR count). The van der Waals surface area contributed by atoms with E-state index < -0.39 is 6.67 Å². The SMILES string of the molecule is N=C(CF)NCCC[C@H](NC(=O)c1ccc2ccccc2c1)c1nc2ccccc2[nH]1. The molecule has 3 aromatic carbocycles. The minimum Gasteiger partial charge on any atom is -0.372 e. The average Bonchev–Trinajstić information content (AvgIpc) is 3.24. The molecule has 1 amide bonds. The number of halogens is 1. The van der Waals surface area contributed by atoms with Crippen LogP contribution in [0.4, 0.5) is 4.39 Å². The van der Waals surface area contributed by atoms with Gasteiger partial charge in [0.2, 0.25) is 0 Å². The van der Waals surface area contributed by atoms with Gasteiger partial charge < -0.3 is 15.6 Å². The number of H-pyrrole nitrogens is 1. The number of aromatic nitrogens is 2. The number of imidazole rings is 1. The zero-order valence-electron chi connectivity index (χ0n) is 17.0. The Morgan fingerprint density at radius 3 is 2.65 bits per heavy atom. The van der Waals surface area contributed by atoms with E-state index in [2.05, 4.69) is 20.6 Å². The van der Waals surface area contributed by atoms with E-state index in [9.17, 15) is 9.18 Å². The molecule has 6 nitrogen and oxygen atoms in total. The van der Waals surface area contributed by atoms with Gasteiger partial charge in [0.25, 0.3) is 5.91 Å². The van der Waals surface area contributed by atoms with Crippen molar-refractivity contribution in [3.8, 4) is 0 Å². The molecule has 0 saturated carbocycles. The van der Waals surface area contributed by atoms with Gasteiger partial charge in [0.05, 0.1) is 17.1 Å². The normalized spacial score (nSPS) is 12.0. The van der Waals surface area contributed by atoms with Crippen molar-refractivity contribution in [2.24, 2.45) is 0 Å². The highest BCUT2D eigenvalue weighted by atomic mass is 19.1. The van der Waals surface area contributed by atoms with Crippen LogP contribution in [-0.2, 0) is 0 Å². The fourth-order valence-electron chi connectivity index (χ4n) is 3.58. The van der Waals surface area contributed by atoms with Crippen LogP contribution in [0.5, 0.6) is 0 Å². The third kappa shape index (κ3) is 4.88. The van der Waals surface area contributed by atoms with E-state index in [1.807, 2.05) is 66.7 Å². The predicted octanol–water partition coefficient (Wildman–Crippen LogP) is 4.50. The van der Waals surface area contributed by atoms with Crippen molar-refractivity contribution in [1.29, 1.82) is 5.41 Å². The van der Waals surface area contributed by atoms with Crippen molar-refractivity contribution in [2.75, 3.05) is 13.2 Å². The second-order valence-corrected chi connectivity index (χ2v) is 7.41. The number of hydrogen-bond acceptors (Lipinski definition) is 3. The van der Waals surface area contributed by atoms with Crippen molar-refractivity contribution in [3.63, 3.8) is 0 Å². The number of amides is 1. The Kier molecular flexibility index (Phi) is 6.21. The average molecular weight is 417 g/mol. The number of alkyl halides is 1. The van der Waals surface area contributed by atoms with Crippen LogP contribution < -0.4 is 10.6 Å². The van der Waals surface area contributed by atoms with Crippen LogP contribution in [0, 0.1) is 5.41 Å². The fourth-order valence-corrected chi connectivity index (χ4v) is 3.58. The number of hydrogen-bond donors (Lipinski definition) is 4. The van der Waals surface area contributed by atoms with Crippen molar-refractivity contribution in [3.05, 3.63) is 78.1 Å². The van der Waals surface area contributed by atoms with Gasteiger partial charge in [-0.2, -0.15) is 0 Å². The summed E-state index contributed by atoms with van der Waals surface area (Å²) in [5.41, 5.74) is 2.32. The van der Waals surface area contributed by atoms with Gasteiger partial charge in [-0.1, -0.05) is 42.5 Å². The number of carbonyl (C=O) groups excluding carboxylic acids is 1. The van der Waals surface area contributed by atoms with Gasteiger partial charge in [0.15, 0.2) is 0 Å². The Bertz CT molecular complexity index is 1190. The Balaban J connectivity index is 1.53. The third-order valence-corrected chi connectivity index (χ3v) is 5.20. The topological polar surface area (TPSA) is 93.7 Å². The van der Waals surface area contributed by atoms with E-state index in [4.69, 9.17) is 5.41 Å². The van der Waals surface area contributed by atoms with Gasteiger partial charge in [-0.05, 0) is 47.9 Å². The molecule has 0 bridgehead atoms. The summed E-state index contributed by atoms with van der Waals surface area (Å²) >= 11 is 0. The quantitative estimate of drug-likeness (QED) is 0.193. The molecule has 4 N–H and O–H groups in total. The molecule has 0 aliphatic rings. The molecule has 0 spiro atoms. The molecule has 7 heteroatoms. The zero-order chi connectivity index (χ0) is 21.6. The first kappa shape index (κ1) is 20.5. The lowest BCUT2D eigenvalue weighted by Gasteiger charge is -2.17. The first-order chi connectivity index (χ1) is 15.1. The second-order valence-electron chi connectivity index (χ2n) is 7.41. The summed E-state index contributed by atoms with van der Waals surface area (Å²) in [7, 11) is 0. The lowest BCUT2D eigenvalue weighted by atomic mass is 10.1. The zero-order valence-corrected chi connectivity index (χ0v) is 17.0. The van der Waals surface area contributed by atoms with Gasteiger partial charge in [-0.3, -0.25) is 10.2 Å². The Labute approximate surface area is 179 Å². The fraction of sp³-hybridized carbons (Fsp3) is 0.208. The van der Waals surface area contributed by atoms with Gasteiger partial charge in [0.1, 0.15) is 18.3 Å². The first-order valence-electron chi connectivity index (χ1n) is 10.3. The van der Waals surface area contributed by atoms with Crippen molar-refractivity contribution in [1.82, 2.24) is 20.6 Å². The van der Waals surface area contributed by atoms with Crippen LogP contribution in [0.1, 0.15) is 35.1 Å². The maximum absolute atomic E-state index is 13.0. The van der Waals surface area contributed by atoms with Crippen LogP contribution in [0.2, 0.25) is 0 Å². The number of nitrogens with zero attached hydrogens (tertiary/aromatic N) is 1. The number of aromatic amines is 1. The van der Waals surface area contributed by atoms with Crippen molar-refractivity contribution < 1.29 is 9.18 Å². The number of amidine groups is 1. The summed E-state index contributed by atoms with van der Waals surface area (Å²) in [5.74, 6) is 0.358. The Morgan fingerprint density at radius 1 is 1.06 bits per heavy atom. The summed E-state index contributed by atoms with van der Waals surface area (Å²) in [6, 6.07) is 20.9. The Morgan fingerprint density at radius 2 is 1.84 bits per heavy atom. The lowest BCUT2D eigenvalue weighted by Crippen LogP contribution is -2.31. The van der Waals surface area contributed by atoms with Gasteiger partial charge >= 0.3 is 0 Å². The monoisotopic (exact) mass is 417 g/mol. The largest absolute Gasteiger partial charge is 0.372 e. The van der Waals surface area contributed by atoms with Crippen LogP contribution in [-0.4, -0.2) is 34.9 Å². The minimum atomic E-state index is -0.814. The van der Waals surface area contributed by atoms with E-state index >= 15 is 0 Å². The van der Waals surface area contributed by atoms with Crippen molar-refractivity contribution in [2.45, 2.75) is 18.9 Å². The van der Waals surface area contributed by atoms with E-state index in [1.165, 1.54) is 0 Å². The molecule has 0 aliphatic heterocycles. The van der Waals surface area contributed by atoms with Gasteiger partial charge in [-0.15, -0.1) is 0 Å². The number of carbonyl (C=O) groups is 1. The molecule has 0 saturated heterocycles. The molecule has 1 heterocycles. The molecule has 31 heavy (non-hydrogen) atoms. The summed E-state index contributed by atoms with van der Waals surface area (Å²) in [5, 5.41) is 15.3. The molecule has 0 fully saturated rings. The molecule has 1 aromatic heterocycles. The van der Waals surface area contributed by atoms with E-state index in [0.29, 0.717) is 30.8 Å². The van der Waals surface area contributed by atoms with Gasteiger partial charge in [0, 0.05) is 12.1 Å². The Hall–Kier alpha value is -3.74. The number of rotatable bonds is 8. The standard InChI is InChI=1S/C24H24FN5O/c25-15-22(26)27-13-5-10-21(23-28-19-8-3-4-9-20(19)29-23)30-24(31)18-12-11-16-6-1-2-7-17(16)14-18/h1-4,6-9,11-12,14,21H,5,10,13,15H2,(H2,26,27)(H,28,29)(H,30,31)/t21-/m0/s1. The first-order valence-corrected chi connectivity index (χ1v) is 10.3. The molecular formula is C24H24FN5O. The predicted molar refractivity (Wildman–Crippen MR) is 121 cm³/mol. The third-order valence-electron chi connectivity index (χ3n) is 5.20. The summed E-state index contributed by atoms with van der Waals surface area (Å²) in [6.45, 7) is -0.364. The van der Waals surface area contributed by atoms with Crippen LogP contribution in [0.15, 0.2) is 66.7 Å². The van der Waals surface area contributed by atoms with Crippen LogP contribution in [0.25, 0.3) is 21.8 Å². The van der Waals surface area contributed by atoms with Crippen LogP contribution in [0.3, 0.4) is 0 Å². The molecule has 158 valence electrons. The lowest BCUT2D eigenvalue weighted by molar-refractivity contribution is 0.0932. The number of benzene rings is 3. The highest BCUT2D eigenvalue weighted by molar-refractivity contribution is 5.98. The number of para-hydroxylation sites is 2. The van der Waals surface area contributed by atoms with Crippen LogP contribution >= 0.6 is 0 Å². The highest BCUT2D eigenvalue weighted by Crippen LogP contribution is 2.21. The second kappa shape index (κ2) is 9.38. The van der Waals surface area contributed by atoms with E-state index in [0.717, 1.165) is 21.8 Å². The summed E-state index contributed by atoms with van der Waals surface area (Å²) < 4.78 is 12.5. The molecule has 0 aliphatic carbocycles. The molecular weight excluding hydrogens is 393 g/mol. The number of fused-ring (bicyclic) bond motifs is 2. The minimum absolute atomic E-state index is 0.138. The molecule has 0 radical (unpaired) electrons. The van der Waals surface area contributed by atoms with Crippen molar-refractivity contribution >= 4 is 33.5 Å². The van der Waals surface area contributed by atoms with E-state index in [-0.39, 0.29) is 17.8 Å². The molecule has 1 atom stereocenters. The van der Waals surface area contributed by atoms with E-state index in [1.54, 1.807) is 0 Å².